The highest BCUT2D eigenvalue weighted by atomic mass is 32.2. The van der Waals surface area contributed by atoms with Crippen LogP contribution < -0.4 is 4.72 Å². The third-order valence-electron chi connectivity index (χ3n) is 7.12. The highest BCUT2D eigenvalue weighted by Crippen LogP contribution is 2.24. The van der Waals surface area contributed by atoms with Gasteiger partial charge < -0.3 is 9.64 Å². The number of benzene rings is 2. The molecule has 2 fully saturated rings. The van der Waals surface area contributed by atoms with Crippen LogP contribution in [0.2, 0.25) is 0 Å². The number of ether oxygens (including phenoxy) is 1. The van der Waals surface area contributed by atoms with Crippen LogP contribution >= 0.6 is 0 Å². The Morgan fingerprint density at radius 2 is 1.92 bits per heavy atom. The van der Waals surface area contributed by atoms with Gasteiger partial charge in [0.25, 0.3) is 15.9 Å². The third kappa shape index (κ3) is 5.38. The topological polar surface area (TPSA) is 91.8 Å². The molecule has 3 aromatic rings. The van der Waals surface area contributed by atoms with Crippen molar-refractivity contribution in [3.63, 3.8) is 0 Å². The minimum Gasteiger partial charge on any atom is -0.381 e. The van der Waals surface area contributed by atoms with Crippen LogP contribution in [0.5, 0.6) is 0 Å². The summed E-state index contributed by atoms with van der Waals surface area (Å²) in [6.45, 7) is 7.29. The number of carbonyl (C=O) groups is 1. The number of rotatable bonds is 7. The number of anilines is 1. The second-order valence-electron chi connectivity index (χ2n) is 9.68. The fraction of sp³-hybridized carbons (Fsp3) is 0.407. The molecule has 36 heavy (non-hydrogen) atoms. The first kappa shape index (κ1) is 24.7. The minimum absolute atomic E-state index is 0.0287. The molecule has 0 bridgehead atoms. The smallest absolute Gasteiger partial charge is 0.264 e. The summed E-state index contributed by atoms with van der Waals surface area (Å²) in [5, 5.41) is 0.753. The van der Waals surface area contributed by atoms with Crippen molar-refractivity contribution < 1.29 is 17.9 Å². The molecule has 190 valence electrons. The van der Waals surface area contributed by atoms with Crippen molar-refractivity contribution in [3.8, 4) is 0 Å². The van der Waals surface area contributed by atoms with Crippen LogP contribution in [0.4, 0.5) is 5.69 Å². The summed E-state index contributed by atoms with van der Waals surface area (Å²) in [6.07, 6.45) is 3.87. The molecule has 3 heterocycles. The van der Waals surface area contributed by atoms with E-state index >= 15 is 0 Å². The molecule has 0 spiro atoms. The number of para-hydroxylation sites is 1. The van der Waals surface area contributed by atoms with E-state index in [9.17, 15) is 13.2 Å². The first-order valence-electron chi connectivity index (χ1n) is 12.5. The van der Waals surface area contributed by atoms with Crippen molar-refractivity contribution in [1.82, 2.24) is 14.8 Å². The van der Waals surface area contributed by atoms with Gasteiger partial charge in [-0.15, -0.1) is 0 Å². The Kier molecular flexibility index (Phi) is 7.22. The molecule has 8 nitrogen and oxygen atoms in total. The summed E-state index contributed by atoms with van der Waals surface area (Å²) in [5.74, 6) is 0.631. The highest BCUT2D eigenvalue weighted by molar-refractivity contribution is 7.93. The molecular formula is C27H32N4O4S. The van der Waals surface area contributed by atoms with E-state index < -0.39 is 10.0 Å². The third-order valence-corrected chi connectivity index (χ3v) is 8.53. The quantitative estimate of drug-likeness (QED) is 0.524. The summed E-state index contributed by atoms with van der Waals surface area (Å²) in [7, 11) is -3.84. The number of carbonyl (C=O) groups excluding carboxylic acids is 1. The average Bonchev–Trinajstić information content (AvgIpc) is 3.41. The van der Waals surface area contributed by atoms with Gasteiger partial charge in [0.2, 0.25) is 0 Å². The average molecular weight is 509 g/mol. The van der Waals surface area contributed by atoms with Crippen molar-refractivity contribution in [2.24, 2.45) is 5.92 Å². The number of nitrogens with one attached hydrogen (secondary N) is 1. The van der Waals surface area contributed by atoms with Gasteiger partial charge in [0.1, 0.15) is 4.90 Å². The number of nitrogens with zero attached hydrogens (tertiary/aromatic N) is 3. The molecule has 0 aliphatic carbocycles. The number of piperazine rings is 1. The second-order valence-corrected chi connectivity index (χ2v) is 11.3. The van der Waals surface area contributed by atoms with E-state index in [4.69, 9.17) is 4.74 Å². The number of aromatic nitrogens is 1. The molecule has 2 aromatic carbocycles. The first-order valence-corrected chi connectivity index (χ1v) is 14.0. The van der Waals surface area contributed by atoms with Crippen LogP contribution in [0.1, 0.15) is 30.1 Å². The highest BCUT2D eigenvalue weighted by Gasteiger charge is 2.29. The predicted molar refractivity (Wildman–Crippen MR) is 139 cm³/mol. The molecule has 2 aliphatic rings. The molecule has 1 N–H and O–H groups in total. The summed E-state index contributed by atoms with van der Waals surface area (Å²) in [4.78, 5) is 21.9. The summed E-state index contributed by atoms with van der Waals surface area (Å²) in [6, 6.07) is 15.4. The molecule has 2 atom stereocenters. The van der Waals surface area contributed by atoms with Crippen molar-refractivity contribution in [3.05, 3.63) is 66.4 Å². The molecule has 9 heteroatoms. The molecule has 0 saturated carbocycles. The standard InChI is InChI=1S/C27H32N4O4S/c1-20-18-30(14-11-21-12-17-35-19-21)15-16-31(20)27(32)23-7-9-24(10-8-23)29-36(33,34)25-6-2-4-22-5-3-13-28-26(22)25/h2-10,13,20-21,29H,11-12,14-19H2,1H3/t20-,21+/m0/s1. The number of sulfonamides is 1. The molecular weight excluding hydrogens is 476 g/mol. The molecule has 2 saturated heterocycles. The molecule has 0 radical (unpaired) electrons. The zero-order valence-corrected chi connectivity index (χ0v) is 21.3. The number of pyridine rings is 1. The molecule has 1 amide bonds. The lowest BCUT2D eigenvalue weighted by atomic mass is 10.0. The molecule has 0 unspecified atom stereocenters. The van der Waals surface area contributed by atoms with E-state index in [1.165, 1.54) is 6.07 Å². The van der Waals surface area contributed by atoms with Crippen molar-refractivity contribution in [2.45, 2.75) is 30.7 Å². The monoisotopic (exact) mass is 508 g/mol. The number of hydrogen-bond donors (Lipinski definition) is 1. The van der Waals surface area contributed by atoms with Gasteiger partial charge in [0.15, 0.2) is 0 Å². The number of hydrogen-bond acceptors (Lipinski definition) is 6. The molecule has 2 aliphatic heterocycles. The Labute approximate surface area is 212 Å². The van der Waals surface area contributed by atoms with E-state index in [0.29, 0.717) is 29.2 Å². The lowest BCUT2D eigenvalue weighted by Gasteiger charge is -2.40. The predicted octanol–water partition coefficient (Wildman–Crippen LogP) is 3.61. The van der Waals surface area contributed by atoms with E-state index in [-0.39, 0.29) is 16.8 Å². The lowest BCUT2D eigenvalue weighted by Crippen LogP contribution is -2.54. The van der Waals surface area contributed by atoms with E-state index in [2.05, 4.69) is 21.5 Å². The molecule has 5 rings (SSSR count). The summed E-state index contributed by atoms with van der Waals surface area (Å²) < 4.78 is 34.2. The Morgan fingerprint density at radius 3 is 2.67 bits per heavy atom. The maximum absolute atomic E-state index is 13.2. The fourth-order valence-electron chi connectivity index (χ4n) is 5.06. The van der Waals surface area contributed by atoms with Gasteiger partial charge in [-0.05, 0) is 68.6 Å². The van der Waals surface area contributed by atoms with Crippen molar-refractivity contribution in [2.75, 3.05) is 44.1 Å². The van der Waals surface area contributed by atoms with Crippen LogP contribution in [0.25, 0.3) is 10.9 Å². The van der Waals surface area contributed by atoms with Gasteiger partial charge in [0, 0.05) is 61.7 Å². The summed E-state index contributed by atoms with van der Waals surface area (Å²) >= 11 is 0. The van der Waals surface area contributed by atoms with E-state index in [1.54, 1.807) is 42.6 Å². The minimum atomic E-state index is -3.84. The van der Waals surface area contributed by atoms with Crippen LogP contribution in [0.15, 0.2) is 65.7 Å². The fourth-order valence-corrected chi connectivity index (χ4v) is 6.30. The van der Waals surface area contributed by atoms with Gasteiger partial charge in [-0.1, -0.05) is 18.2 Å². The van der Waals surface area contributed by atoms with Crippen LogP contribution in [-0.2, 0) is 14.8 Å². The Hall–Kier alpha value is -3.01. The van der Waals surface area contributed by atoms with Gasteiger partial charge in [-0.3, -0.25) is 19.4 Å². The van der Waals surface area contributed by atoms with E-state index in [1.807, 2.05) is 17.0 Å². The van der Waals surface area contributed by atoms with Crippen LogP contribution in [0, 0.1) is 5.92 Å². The Balaban J connectivity index is 1.21. The van der Waals surface area contributed by atoms with Crippen molar-refractivity contribution in [1.29, 1.82) is 0 Å². The maximum atomic E-state index is 13.2. The van der Waals surface area contributed by atoms with Crippen molar-refractivity contribution >= 4 is 32.5 Å². The first-order chi connectivity index (χ1) is 17.4. The van der Waals surface area contributed by atoms with Gasteiger partial charge in [0.05, 0.1) is 5.52 Å². The van der Waals surface area contributed by atoms with Crippen LogP contribution in [-0.4, -0.2) is 74.5 Å². The van der Waals surface area contributed by atoms with E-state index in [0.717, 1.165) is 51.1 Å². The number of amides is 1. The normalized spacial score (nSPS) is 21.1. The molecule has 1 aromatic heterocycles. The lowest BCUT2D eigenvalue weighted by molar-refractivity contribution is 0.0478. The summed E-state index contributed by atoms with van der Waals surface area (Å²) in [5.41, 5.74) is 1.37. The Bertz CT molecular complexity index is 1320. The maximum Gasteiger partial charge on any atom is 0.264 e. The van der Waals surface area contributed by atoms with Gasteiger partial charge in [-0.25, -0.2) is 8.42 Å². The zero-order valence-electron chi connectivity index (χ0n) is 20.5. The zero-order chi connectivity index (χ0) is 25.1. The van der Waals surface area contributed by atoms with Gasteiger partial charge >= 0.3 is 0 Å². The van der Waals surface area contributed by atoms with Crippen LogP contribution in [0.3, 0.4) is 0 Å². The second kappa shape index (κ2) is 10.5. The number of fused-ring (bicyclic) bond motifs is 1. The van der Waals surface area contributed by atoms with Gasteiger partial charge in [-0.2, -0.15) is 0 Å². The Morgan fingerprint density at radius 1 is 1.11 bits per heavy atom. The largest absolute Gasteiger partial charge is 0.381 e. The SMILES string of the molecule is C[C@H]1CN(CC[C@@H]2CCOC2)CCN1C(=O)c1ccc(NS(=O)(=O)c2cccc3cccnc23)cc1.